The first-order valence-corrected chi connectivity index (χ1v) is 16.2. The van der Waals surface area contributed by atoms with Crippen LogP contribution in [0.1, 0.15) is 61.4 Å². The fourth-order valence-corrected chi connectivity index (χ4v) is 6.92. The molecule has 10 nitrogen and oxygen atoms in total. The van der Waals surface area contributed by atoms with Crippen LogP contribution in [0.3, 0.4) is 0 Å². The first-order chi connectivity index (χ1) is 21.2. The molecule has 3 fully saturated rings. The van der Waals surface area contributed by atoms with Gasteiger partial charge < -0.3 is 30.1 Å². The number of nitrogens with one attached hydrogen (secondary N) is 2. The predicted octanol–water partition coefficient (Wildman–Crippen LogP) is 3.77. The number of benzene rings is 2. The third-order valence-corrected chi connectivity index (χ3v) is 9.57. The molecule has 0 aliphatic carbocycles. The highest BCUT2D eigenvalue weighted by molar-refractivity contribution is 7.80. The number of ether oxygens (including phenoxy) is 2. The van der Waals surface area contributed by atoms with E-state index in [9.17, 15) is 19.5 Å². The maximum atomic E-state index is 13.9. The zero-order valence-electron chi connectivity index (χ0n) is 25.9. The summed E-state index contributed by atoms with van der Waals surface area (Å²) in [4.78, 5) is 43.5. The molecular formula is C33H45ClN4O6S. The molecule has 3 aliphatic heterocycles. The van der Waals surface area contributed by atoms with Crippen molar-refractivity contribution in [2.75, 3.05) is 33.3 Å². The van der Waals surface area contributed by atoms with E-state index in [2.05, 4.69) is 35.1 Å². The Labute approximate surface area is 277 Å². The van der Waals surface area contributed by atoms with E-state index in [0.29, 0.717) is 69.0 Å². The number of aliphatic hydroxyl groups is 1. The summed E-state index contributed by atoms with van der Waals surface area (Å²) in [5.41, 5.74) is 0.520. The Balaban J connectivity index is 0.00000461. The van der Waals surface area contributed by atoms with Gasteiger partial charge in [-0.2, -0.15) is 0 Å². The van der Waals surface area contributed by atoms with E-state index in [1.165, 1.54) is 0 Å². The molecule has 246 valence electrons. The van der Waals surface area contributed by atoms with Crippen molar-refractivity contribution in [2.24, 2.45) is 5.92 Å². The van der Waals surface area contributed by atoms with Crippen LogP contribution in [-0.2, 0) is 20.9 Å². The zero-order valence-corrected chi connectivity index (χ0v) is 27.7. The summed E-state index contributed by atoms with van der Waals surface area (Å²) in [6.45, 7) is 5.13. The lowest BCUT2D eigenvalue weighted by molar-refractivity contribution is -0.166. The summed E-state index contributed by atoms with van der Waals surface area (Å²) >= 11 is 4.40. The first-order valence-electron chi connectivity index (χ1n) is 15.7. The number of unbranched alkanes of at least 4 members (excludes halogenated alkanes) is 1. The summed E-state index contributed by atoms with van der Waals surface area (Å²) in [7, 11) is 1.60. The fourth-order valence-electron chi connectivity index (χ4n) is 6.55. The van der Waals surface area contributed by atoms with Crippen molar-refractivity contribution < 1.29 is 29.0 Å². The number of likely N-dealkylation sites (tertiary alicyclic amines) is 1. The number of piperidine rings is 1. The number of thiol groups is 1. The second kappa shape index (κ2) is 15.6. The number of halogens is 1. The van der Waals surface area contributed by atoms with Crippen molar-refractivity contribution in [3.63, 3.8) is 0 Å². The molecule has 0 radical (unpaired) electrons. The molecule has 3 amide bonds. The number of piperazine rings is 1. The molecule has 12 heteroatoms. The highest BCUT2D eigenvalue weighted by Gasteiger charge is 2.55. The number of rotatable bonds is 10. The Morgan fingerprint density at radius 1 is 1.13 bits per heavy atom. The number of hydrogen-bond acceptors (Lipinski definition) is 8. The predicted molar refractivity (Wildman–Crippen MR) is 177 cm³/mol. The van der Waals surface area contributed by atoms with Gasteiger partial charge in [-0.1, -0.05) is 25.5 Å². The second-order valence-corrected chi connectivity index (χ2v) is 12.6. The molecule has 45 heavy (non-hydrogen) atoms. The van der Waals surface area contributed by atoms with Crippen molar-refractivity contribution in [3.8, 4) is 11.5 Å². The number of carbonyl (C=O) groups excluding carboxylic acids is 3. The van der Waals surface area contributed by atoms with Crippen molar-refractivity contribution in [1.82, 2.24) is 20.4 Å². The molecule has 3 saturated heterocycles. The standard InChI is InChI=1S/C33H44N4O6S.ClH/c1-3-4-16-37-31(40)28(29(38)24-13-19-42-27(44)20-24)35-32(41)33(37)14-17-36(18-15-33)21-22-5-9-25(10-6-22)43-26-11-7-23(8-12-26)30(39)34-2;/h5-12,24,27-29,38,44H,3-4,13-21H2,1-2H3,(H,34,39)(H,35,41);1H/t24-,27-,28-,29-;/m1./s1. The zero-order chi connectivity index (χ0) is 31.3. The van der Waals surface area contributed by atoms with Crippen LogP contribution in [0.15, 0.2) is 48.5 Å². The van der Waals surface area contributed by atoms with E-state index in [0.717, 1.165) is 24.9 Å². The molecule has 5 rings (SSSR count). The Morgan fingerprint density at radius 2 is 1.78 bits per heavy atom. The topological polar surface area (TPSA) is 120 Å². The molecule has 1 spiro atoms. The van der Waals surface area contributed by atoms with Crippen LogP contribution in [0.2, 0.25) is 0 Å². The van der Waals surface area contributed by atoms with Gasteiger partial charge >= 0.3 is 0 Å². The minimum absolute atomic E-state index is 0. The van der Waals surface area contributed by atoms with Crippen LogP contribution in [-0.4, -0.2) is 89.0 Å². The number of amides is 3. The monoisotopic (exact) mass is 660 g/mol. The minimum Gasteiger partial charge on any atom is -0.457 e. The Hall–Kier alpha value is -2.83. The molecule has 0 aromatic heterocycles. The van der Waals surface area contributed by atoms with E-state index >= 15 is 0 Å². The lowest BCUT2D eigenvalue weighted by Gasteiger charge is -2.52. The van der Waals surface area contributed by atoms with Crippen molar-refractivity contribution in [3.05, 3.63) is 59.7 Å². The molecule has 0 saturated carbocycles. The second-order valence-electron chi connectivity index (χ2n) is 12.1. The Morgan fingerprint density at radius 3 is 2.38 bits per heavy atom. The molecule has 3 aliphatic rings. The molecule has 2 aromatic carbocycles. The van der Waals surface area contributed by atoms with Gasteiger partial charge in [0.1, 0.15) is 28.5 Å². The number of hydrogen-bond donors (Lipinski definition) is 4. The van der Waals surface area contributed by atoms with Crippen LogP contribution in [0.25, 0.3) is 0 Å². The highest BCUT2D eigenvalue weighted by Crippen LogP contribution is 2.36. The fraction of sp³-hybridized carbons (Fsp3) is 0.545. The maximum Gasteiger partial charge on any atom is 0.251 e. The normalized spacial score (nSPS) is 24.0. The van der Waals surface area contributed by atoms with Crippen LogP contribution >= 0.6 is 25.0 Å². The van der Waals surface area contributed by atoms with Gasteiger partial charge in [-0.05, 0) is 80.0 Å². The van der Waals surface area contributed by atoms with Gasteiger partial charge in [-0.25, -0.2) is 0 Å². The molecule has 3 N–H and O–H groups in total. The lowest BCUT2D eigenvalue weighted by Crippen LogP contribution is -2.75. The number of carbonyl (C=O) groups is 3. The number of nitrogens with zero attached hydrogens (tertiary/aromatic N) is 2. The molecule has 3 heterocycles. The summed E-state index contributed by atoms with van der Waals surface area (Å²) in [6.07, 6.45) is 2.99. The summed E-state index contributed by atoms with van der Waals surface area (Å²) in [5, 5.41) is 16.8. The molecule has 0 bridgehead atoms. The summed E-state index contributed by atoms with van der Waals surface area (Å²) < 4.78 is 11.4. The quantitative estimate of drug-likeness (QED) is 0.287. The SMILES string of the molecule is CCCCN1C(=O)[C@@H]([C@H](O)[C@@H]2CCO[C@H](S)C2)NC(=O)C12CCN(Cc1ccc(Oc3ccc(C(=O)NC)cc3)cc1)CC2.Cl. The average molecular weight is 661 g/mol. The average Bonchev–Trinajstić information content (AvgIpc) is 3.04. The Kier molecular flexibility index (Phi) is 12.2. The van der Waals surface area contributed by atoms with Gasteiger partial charge in [-0.15, -0.1) is 25.0 Å². The Bertz CT molecular complexity index is 1310. The van der Waals surface area contributed by atoms with Gasteiger partial charge in [0.25, 0.3) is 5.91 Å². The molecule has 2 aromatic rings. The van der Waals surface area contributed by atoms with Gasteiger partial charge in [0.05, 0.1) is 6.10 Å². The third-order valence-electron chi connectivity index (χ3n) is 9.21. The van der Waals surface area contributed by atoms with E-state index < -0.39 is 17.7 Å². The van der Waals surface area contributed by atoms with Crippen LogP contribution in [0.4, 0.5) is 0 Å². The van der Waals surface area contributed by atoms with Crippen molar-refractivity contribution in [1.29, 1.82) is 0 Å². The minimum atomic E-state index is -0.972. The van der Waals surface area contributed by atoms with E-state index in [-0.39, 0.29) is 41.5 Å². The van der Waals surface area contributed by atoms with Gasteiger partial charge in [0.15, 0.2) is 0 Å². The lowest BCUT2D eigenvalue weighted by atomic mass is 9.79. The molecular weight excluding hydrogens is 616 g/mol. The van der Waals surface area contributed by atoms with E-state index in [1.54, 1.807) is 36.2 Å². The smallest absolute Gasteiger partial charge is 0.251 e. The van der Waals surface area contributed by atoms with Crippen LogP contribution < -0.4 is 15.4 Å². The van der Waals surface area contributed by atoms with Crippen molar-refractivity contribution >= 4 is 42.8 Å². The van der Waals surface area contributed by atoms with E-state index in [1.807, 2.05) is 24.3 Å². The summed E-state index contributed by atoms with van der Waals surface area (Å²) in [5.74, 6) is 0.709. The van der Waals surface area contributed by atoms with Gasteiger partial charge in [-0.3, -0.25) is 19.3 Å². The van der Waals surface area contributed by atoms with Crippen LogP contribution in [0, 0.1) is 5.92 Å². The first kappa shape index (κ1) is 35.0. The number of aliphatic hydroxyl groups excluding tert-OH is 1. The largest absolute Gasteiger partial charge is 0.457 e. The molecule has 0 unspecified atom stereocenters. The van der Waals surface area contributed by atoms with Crippen LogP contribution in [0.5, 0.6) is 11.5 Å². The van der Waals surface area contributed by atoms with E-state index in [4.69, 9.17) is 9.47 Å². The van der Waals surface area contributed by atoms with Crippen molar-refractivity contribution in [2.45, 2.75) is 75.1 Å². The highest BCUT2D eigenvalue weighted by atomic mass is 35.5. The third kappa shape index (κ3) is 7.94. The van der Waals surface area contributed by atoms with Gasteiger partial charge in [0, 0.05) is 45.4 Å². The molecule has 4 atom stereocenters. The van der Waals surface area contributed by atoms with Gasteiger partial charge in [0.2, 0.25) is 11.8 Å². The summed E-state index contributed by atoms with van der Waals surface area (Å²) in [6, 6.07) is 13.9. The maximum absolute atomic E-state index is 13.9.